The van der Waals surface area contributed by atoms with Crippen molar-refractivity contribution in [3.63, 3.8) is 0 Å². The molecule has 0 spiro atoms. The molecule has 1 heterocycles. The van der Waals surface area contributed by atoms with E-state index in [1.165, 1.54) is 36.7 Å². The zero-order valence-corrected chi connectivity index (χ0v) is 11.7. The van der Waals surface area contributed by atoms with Gasteiger partial charge in [-0.25, -0.2) is 9.07 Å². The van der Waals surface area contributed by atoms with E-state index >= 15 is 0 Å². The average Bonchev–Trinajstić information content (AvgIpc) is 3.08. The van der Waals surface area contributed by atoms with E-state index in [1.54, 1.807) is 6.07 Å². The monoisotopic (exact) mass is 294 g/mol. The molecular weight excluding hydrogens is 279 g/mol. The normalized spacial score (nSPS) is 15.9. The van der Waals surface area contributed by atoms with Gasteiger partial charge in [0.2, 0.25) is 5.16 Å². The van der Waals surface area contributed by atoms with Gasteiger partial charge in [0, 0.05) is 4.90 Å². The third kappa shape index (κ3) is 2.83. The van der Waals surface area contributed by atoms with Crippen molar-refractivity contribution in [2.45, 2.75) is 48.4 Å². The first-order chi connectivity index (χ1) is 9.76. The summed E-state index contributed by atoms with van der Waals surface area (Å²) < 4.78 is 15.3. The summed E-state index contributed by atoms with van der Waals surface area (Å²) in [4.78, 5) is 0.697. The van der Waals surface area contributed by atoms with Crippen molar-refractivity contribution in [2.75, 3.05) is 0 Å². The molecule has 0 atom stereocenters. The molecule has 0 amide bonds. The second-order valence-corrected chi connectivity index (χ2v) is 5.94. The molecule has 1 aliphatic rings. The summed E-state index contributed by atoms with van der Waals surface area (Å²) in [5.41, 5.74) is 0.549. The number of rotatable bonds is 4. The molecule has 1 saturated carbocycles. The van der Waals surface area contributed by atoms with Crippen LogP contribution in [0, 0.1) is 5.82 Å². The number of benzene rings is 1. The van der Waals surface area contributed by atoms with Gasteiger partial charge in [0.25, 0.3) is 0 Å². The van der Waals surface area contributed by atoms with Crippen molar-refractivity contribution < 1.29 is 9.50 Å². The molecule has 20 heavy (non-hydrogen) atoms. The van der Waals surface area contributed by atoms with Crippen LogP contribution in [0.2, 0.25) is 0 Å². The minimum atomic E-state index is -0.362. The second kappa shape index (κ2) is 5.88. The predicted molar refractivity (Wildman–Crippen MR) is 71.8 cm³/mol. The molecule has 1 aromatic heterocycles. The SMILES string of the molecule is OCc1cc(F)cc(Sc2nnnn2C2CCCC2)c1. The van der Waals surface area contributed by atoms with E-state index in [4.69, 9.17) is 5.11 Å². The van der Waals surface area contributed by atoms with E-state index in [9.17, 15) is 4.39 Å². The standard InChI is InChI=1S/C13H15FN4OS/c14-10-5-9(8-19)6-12(7-10)20-13-15-16-17-18(13)11-3-1-2-4-11/h5-7,11,19H,1-4,8H2. The molecule has 106 valence electrons. The predicted octanol–water partition coefficient (Wildman–Crippen LogP) is 2.57. The van der Waals surface area contributed by atoms with Gasteiger partial charge in [-0.2, -0.15) is 0 Å². The Morgan fingerprint density at radius 1 is 1.30 bits per heavy atom. The summed E-state index contributed by atoms with van der Waals surface area (Å²) >= 11 is 1.33. The zero-order chi connectivity index (χ0) is 13.9. The Labute approximate surface area is 120 Å². The molecule has 0 aliphatic heterocycles. The van der Waals surface area contributed by atoms with Crippen LogP contribution in [-0.2, 0) is 6.61 Å². The van der Waals surface area contributed by atoms with Gasteiger partial charge >= 0.3 is 0 Å². The van der Waals surface area contributed by atoms with Crippen LogP contribution in [0.25, 0.3) is 0 Å². The molecule has 1 N–H and O–H groups in total. The van der Waals surface area contributed by atoms with Crippen molar-refractivity contribution in [3.05, 3.63) is 29.6 Å². The molecule has 5 nitrogen and oxygen atoms in total. The summed E-state index contributed by atoms with van der Waals surface area (Å²) in [5.74, 6) is -0.362. The van der Waals surface area contributed by atoms with E-state index in [0.29, 0.717) is 21.7 Å². The number of nitrogens with zero attached hydrogens (tertiary/aromatic N) is 4. The van der Waals surface area contributed by atoms with Gasteiger partial charge in [-0.15, -0.1) is 5.10 Å². The minimum absolute atomic E-state index is 0.182. The first kappa shape index (κ1) is 13.5. The van der Waals surface area contributed by atoms with E-state index in [0.717, 1.165) is 12.8 Å². The van der Waals surface area contributed by atoms with Crippen molar-refractivity contribution in [2.24, 2.45) is 0 Å². The fraction of sp³-hybridized carbons (Fsp3) is 0.462. The molecule has 0 radical (unpaired) electrons. The highest BCUT2D eigenvalue weighted by atomic mass is 32.2. The lowest BCUT2D eigenvalue weighted by Gasteiger charge is -2.11. The quantitative estimate of drug-likeness (QED) is 0.939. The number of aromatic nitrogens is 4. The minimum Gasteiger partial charge on any atom is -0.392 e. The Balaban J connectivity index is 1.84. The van der Waals surface area contributed by atoms with E-state index in [1.807, 2.05) is 4.68 Å². The number of aliphatic hydroxyl groups is 1. The molecule has 1 fully saturated rings. The molecule has 0 bridgehead atoms. The van der Waals surface area contributed by atoms with Crippen molar-refractivity contribution in [1.29, 1.82) is 0 Å². The molecular formula is C13H15FN4OS. The van der Waals surface area contributed by atoms with Crippen LogP contribution in [0.5, 0.6) is 0 Å². The van der Waals surface area contributed by atoms with Gasteiger partial charge in [0.15, 0.2) is 0 Å². The second-order valence-electron chi connectivity index (χ2n) is 4.90. The fourth-order valence-electron chi connectivity index (χ4n) is 2.51. The van der Waals surface area contributed by atoms with Crippen LogP contribution < -0.4 is 0 Å². The van der Waals surface area contributed by atoms with Crippen LogP contribution in [0.3, 0.4) is 0 Å². The summed E-state index contributed by atoms with van der Waals surface area (Å²) in [6.07, 6.45) is 4.57. The first-order valence-corrected chi connectivity index (χ1v) is 7.44. The van der Waals surface area contributed by atoms with Crippen LogP contribution >= 0.6 is 11.8 Å². The van der Waals surface area contributed by atoms with Crippen LogP contribution in [0.15, 0.2) is 28.3 Å². The van der Waals surface area contributed by atoms with Crippen molar-refractivity contribution in [1.82, 2.24) is 20.2 Å². The molecule has 3 rings (SSSR count). The lowest BCUT2D eigenvalue weighted by molar-refractivity contribution is 0.281. The van der Waals surface area contributed by atoms with E-state index < -0.39 is 0 Å². The highest BCUT2D eigenvalue weighted by Crippen LogP contribution is 2.34. The van der Waals surface area contributed by atoms with E-state index in [2.05, 4.69) is 15.5 Å². The Morgan fingerprint density at radius 2 is 2.10 bits per heavy atom. The number of hydrogen-bond acceptors (Lipinski definition) is 5. The van der Waals surface area contributed by atoms with Crippen molar-refractivity contribution >= 4 is 11.8 Å². The maximum absolute atomic E-state index is 13.5. The summed E-state index contributed by atoms with van der Waals surface area (Å²) in [5, 5.41) is 21.6. The van der Waals surface area contributed by atoms with Gasteiger partial charge < -0.3 is 5.11 Å². The van der Waals surface area contributed by atoms with Crippen LogP contribution in [0.1, 0.15) is 37.3 Å². The Bertz CT molecular complexity index is 598. The summed E-state index contributed by atoms with van der Waals surface area (Å²) in [7, 11) is 0. The van der Waals surface area contributed by atoms with Crippen molar-refractivity contribution in [3.8, 4) is 0 Å². The Morgan fingerprint density at radius 3 is 2.85 bits per heavy atom. The van der Waals surface area contributed by atoms with E-state index in [-0.39, 0.29) is 12.4 Å². The number of halogens is 1. The molecule has 0 saturated heterocycles. The van der Waals surface area contributed by atoms with Gasteiger partial charge in [-0.05, 0) is 58.8 Å². The third-order valence-electron chi connectivity index (χ3n) is 3.46. The largest absolute Gasteiger partial charge is 0.392 e. The van der Waals surface area contributed by atoms with Gasteiger partial charge in [0.05, 0.1) is 12.6 Å². The average molecular weight is 294 g/mol. The Kier molecular flexibility index (Phi) is 3.98. The number of tetrazole rings is 1. The lowest BCUT2D eigenvalue weighted by Crippen LogP contribution is -2.08. The topological polar surface area (TPSA) is 63.8 Å². The zero-order valence-electron chi connectivity index (χ0n) is 10.9. The molecule has 7 heteroatoms. The van der Waals surface area contributed by atoms with Gasteiger partial charge in [0.1, 0.15) is 5.82 Å². The van der Waals surface area contributed by atoms with Crippen LogP contribution in [0.4, 0.5) is 4.39 Å². The fourth-order valence-corrected chi connectivity index (χ4v) is 3.46. The summed E-state index contributed by atoms with van der Waals surface area (Å²) in [6.45, 7) is -0.182. The Hall–Kier alpha value is -1.47. The highest BCUT2D eigenvalue weighted by molar-refractivity contribution is 7.99. The summed E-state index contributed by atoms with van der Waals surface area (Å²) in [6, 6.07) is 4.85. The maximum Gasteiger partial charge on any atom is 0.214 e. The first-order valence-electron chi connectivity index (χ1n) is 6.62. The number of hydrogen-bond donors (Lipinski definition) is 1. The lowest BCUT2D eigenvalue weighted by atomic mass is 10.2. The van der Waals surface area contributed by atoms with Gasteiger partial charge in [-0.3, -0.25) is 0 Å². The molecule has 0 unspecified atom stereocenters. The molecule has 2 aromatic rings. The smallest absolute Gasteiger partial charge is 0.214 e. The number of aliphatic hydroxyl groups excluding tert-OH is 1. The van der Waals surface area contributed by atoms with Gasteiger partial charge in [-0.1, -0.05) is 12.8 Å². The molecule has 1 aliphatic carbocycles. The third-order valence-corrected chi connectivity index (χ3v) is 4.38. The van der Waals surface area contributed by atoms with Crippen LogP contribution in [-0.4, -0.2) is 25.3 Å². The maximum atomic E-state index is 13.5. The molecule has 1 aromatic carbocycles. The highest BCUT2D eigenvalue weighted by Gasteiger charge is 2.22.